The van der Waals surface area contributed by atoms with Crippen LogP contribution in [-0.4, -0.2) is 17.7 Å². The van der Waals surface area contributed by atoms with Gasteiger partial charge in [-0.15, -0.1) is 0 Å². The maximum Gasteiger partial charge on any atom is 0.310 e. The summed E-state index contributed by atoms with van der Waals surface area (Å²) < 4.78 is 24.2. The highest BCUT2D eigenvalue weighted by atomic mass is 79.9. The minimum Gasteiger partial charge on any atom is -0.511 e. The van der Waals surface area contributed by atoms with Gasteiger partial charge in [-0.05, 0) is 47.8 Å². The van der Waals surface area contributed by atoms with Crippen LogP contribution in [0.5, 0.6) is 5.75 Å². The first-order valence-electron chi connectivity index (χ1n) is 7.25. The largest absolute Gasteiger partial charge is 0.511 e. The number of halogens is 2. The van der Waals surface area contributed by atoms with Crippen LogP contribution < -0.4 is 4.74 Å². The third-order valence-electron chi connectivity index (χ3n) is 2.97. The zero-order valence-electron chi connectivity index (χ0n) is 13.4. The first-order chi connectivity index (χ1) is 10.9. The number of aliphatic hydroxyl groups excluding tert-OH is 1. The minimum absolute atomic E-state index is 0.00349. The quantitative estimate of drug-likeness (QED) is 0.418. The van der Waals surface area contributed by atoms with Crippen molar-refractivity contribution in [3.63, 3.8) is 0 Å². The van der Waals surface area contributed by atoms with E-state index in [-0.39, 0.29) is 29.0 Å². The molecule has 0 heterocycles. The van der Waals surface area contributed by atoms with Gasteiger partial charge in [-0.2, -0.15) is 4.39 Å². The van der Waals surface area contributed by atoms with Crippen LogP contribution in [-0.2, 0) is 22.4 Å². The molecule has 0 spiro atoms. The van der Waals surface area contributed by atoms with Gasteiger partial charge >= 0.3 is 5.97 Å². The van der Waals surface area contributed by atoms with Crippen LogP contribution in [0.1, 0.15) is 31.9 Å². The van der Waals surface area contributed by atoms with E-state index in [1.165, 1.54) is 6.92 Å². The molecule has 4 nitrogen and oxygen atoms in total. The standard InChI is InChI=1S/C17H20BrFO4/c1-4-12-6-7-13(9-17(21)22-5-2)15(8-12)23-16(19)10-14(18)11(3)20/h6-8,10,20H,4-5,9H2,1-3H3/b14-11-,16-10?. The van der Waals surface area contributed by atoms with E-state index in [2.05, 4.69) is 15.9 Å². The predicted molar refractivity (Wildman–Crippen MR) is 90.2 cm³/mol. The Morgan fingerprint density at radius 2 is 2.09 bits per heavy atom. The molecule has 0 fully saturated rings. The van der Waals surface area contributed by atoms with E-state index >= 15 is 0 Å². The molecule has 0 bridgehead atoms. The van der Waals surface area contributed by atoms with E-state index in [1.807, 2.05) is 13.0 Å². The van der Waals surface area contributed by atoms with Crippen LogP contribution in [0.4, 0.5) is 4.39 Å². The number of carbonyl (C=O) groups excluding carboxylic acids is 1. The lowest BCUT2D eigenvalue weighted by Gasteiger charge is -2.11. The molecule has 1 aromatic carbocycles. The summed E-state index contributed by atoms with van der Waals surface area (Å²) in [5.41, 5.74) is 1.48. The number of ether oxygens (including phenoxy) is 2. The van der Waals surface area contributed by atoms with E-state index in [0.717, 1.165) is 18.1 Å². The molecule has 0 amide bonds. The third kappa shape index (κ3) is 6.44. The van der Waals surface area contributed by atoms with Gasteiger partial charge in [-0.3, -0.25) is 4.79 Å². The number of benzene rings is 1. The average molecular weight is 387 g/mol. The summed E-state index contributed by atoms with van der Waals surface area (Å²) in [6.45, 7) is 5.38. The van der Waals surface area contributed by atoms with E-state index in [9.17, 15) is 14.3 Å². The number of aliphatic hydroxyl groups is 1. The summed E-state index contributed by atoms with van der Waals surface area (Å²) in [5.74, 6) is -0.224. The fourth-order valence-corrected chi connectivity index (χ4v) is 1.95. The molecule has 0 saturated carbocycles. The van der Waals surface area contributed by atoms with Crippen LogP contribution in [0.15, 0.2) is 40.5 Å². The van der Waals surface area contributed by atoms with Crippen molar-refractivity contribution in [1.29, 1.82) is 0 Å². The molecular formula is C17H20BrFO4. The highest BCUT2D eigenvalue weighted by Crippen LogP contribution is 2.25. The van der Waals surface area contributed by atoms with Crippen LogP contribution >= 0.6 is 15.9 Å². The van der Waals surface area contributed by atoms with Crippen molar-refractivity contribution in [1.82, 2.24) is 0 Å². The normalized spacial score (nSPS) is 12.7. The smallest absolute Gasteiger partial charge is 0.310 e. The van der Waals surface area contributed by atoms with Crippen molar-refractivity contribution in [2.45, 2.75) is 33.6 Å². The Kier molecular flexibility index (Phi) is 7.81. The lowest BCUT2D eigenvalue weighted by atomic mass is 10.1. The van der Waals surface area contributed by atoms with Crippen molar-refractivity contribution in [2.24, 2.45) is 0 Å². The fraction of sp³-hybridized carbons (Fsp3) is 0.353. The molecule has 6 heteroatoms. The molecule has 0 aromatic heterocycles. The van der Waals surface area contributed by atoms with Crippen LogP contribution in [0.3, 0.4) is 0 Å². The number of rotatable bonds is 7. The zero-order valence-corrected chi connectivity index (χ0v) is 14.9. The van der Waals surface area contributed by atoms with Crippen molar-refractivity contribution in [2.75, 3.05) is 6.61 Å². The third-order valence-corrected chi connectivity index (χ3v) is 3.78. The Morgan fingerprint density at radius 3 is 2.65 bits per heavy atom. The van der Waals surface area contributed by atoms with Gasteiger partial charge in [0.2, 0.25) is 0 Å². The molecule has 1 aromatic rings. The SMILES string of the molecule is CCOC(=O)Cc1ccc(CC)cc1OC(F)=C/C(Br)=C(\C)O. The van der Waals surface area contributed by atoms with Gasteiger partial charge in [0.1, 0.15) is 11.5 Å². The van der Waals surface area contributed by atoms with E-state index in [1.54, 1.807) is 19.1 Å². The molecule has 126 valence electrons. The number of hydrogen-bond acceptors (Lipinski definition) is 4. The van der Waals surface area contributed by atoms with E-state index in [0.29, 0.717) is 5.56 Å². The lowest BCUT2D eigenvalue weighted by Crippen LogP contribution is -2.09. The fourth-order valence-electron chi connectivity index (χ4n) is 1.77. The molecule has 0 saturated heterocycles. The number of aryl methyl sites for hydroxylation is 1. The zero-order chi connectivity index (χ0) is 17.4. The maximum absolute atomic E-state index is 13.9. The average Bonchev–Trinajstić information content (AvgIpc) is 2.48. The van der Waals surface area contributed by atoms with Gasteiger partial charge in [-0.25, -0.2) is 0 Å². The van der Waals surface area contributed by atoms with Gasteiger partial charge in [0.25, 0.3) is 6.01 Å². The first-order valence-corrected chi connectivity index (χ1v) is 8.04. The summed E-state index contributed by atoms with van der Waals surface area (Å²) in [7, 11) is 0. The van der Waals surface area contributed by atoms with Gasteiger partial charge in [0.05, 0.1) is 17.5 Å². The molecule has 0 atom stereocenters. The molecule has 0 aliphatic rings. The second-order valence-electron chi connectivity index (χ2n) is 4.76. The molecule has 0 radical (unpaired) electrons. The summed E-state index contributed by atoms with van der Waals surface area (Å²) in [6.07, 6.45) is 1.76. The summed E-state index contributed by atoms with van der Waals surface area (Å²) in [5, 5.41) is 9.26. The van der Waals surface area contributed by atoms with Crippen LogP contribution in [0.2, 0.25) is 0 Å². The van der Waals surface area contributed by atoms with Crippen LogP contribution in [0, 0.1) is 0 Å². The number of esters is 1. The van der Waals surface area contributed by atoms with Crippen LogP contribution in [0.25, 0.3) is 0 Å². The Balaban J connectivity index is 3.06. The second kappa shape index (κ2) is 9.35. The Morgan fingerprint density at radius 1 is 1.39 bits per heavy atom. The highest BCUT2D eigenvalue weighted by Gasteiger charge is 2.13. The van der Waals surface area contributed by atoms with Gasteiger partial charge in [0.15, 0.2) is 0 Å². The van der Waals surface area contributed by atoms with E-state index in [4.69, 9.17) is 9.47 Å². The molecule has 1 rings (SSSR count). The molecule has 0 aliphatic carbocycles. The summed E-state index contributed by atoms with van der Waals surface area (Å²) >= 11 is 3.02. The molecule has 0 aliphatic heterocycles. The highest BCUT2D eigenvalue weighted by molar-refractivity contribution is 9.11. The molecule has 0 unspecified atom stereocenters. The maximum atomic E-state index is 13.9. The van der Waals surface area contributed by atoms with Gasteiger partial charge in [0, 0.05) is 11.6 Å². The number of allylic oxidation sites excluding steroid dienone is 3. The Labute approximate surface area is 143 Å². The van der Waals surface area contributed by atoms with Crippen molar-refractivity contribution in [3.8, 4) is 5.75 Å². The molecule has 23 heavy (non-hydrogen) atoms. The topological polar surface area (TPSA) is 55.8 Å². The minimum atomic E-state index is -0.899. The molecular weight excluding hydrogens is 367 g/mol. The first kappa shape index (κ1) is 19.2. The monoisotopic (exact) mass is 386 g/mol. The van der Waals surface area contributed by atoms with Gasteiger partial charge in [-0.1, -0.05) is 19.1 Å². The number of hydrogen-bond donors (Lipinski definition) is 1. The predicted octanol–water partition coefficient (Wildman–Crippen LogP) is 4.73. The second-order valence-corrected chi connectivity index (χ2v) is 5.62. The number of carbonyl (C=O) groups is 1. The summed E-state index contributed by atoms with van der Waals surface area (Å²) in [6, 6.07) is 4.37. The van der Waals surface area contributed by atoms with Crippen molar-refractivity contribution in [3.05, 3.63) is 51.7 Å². The Bertz CT molecular complexity index is 619. The summed E-state index contributed by atoms with van der Waals surface area (Å²) in [4.78, 5) is 11.6. The Hall–Kier alpha value is -1.82. The lowest BCUT2D eigenvalue weighted by molar-refractivity contribution is -0.142. The van der Waals surface area contributed by atoms with E-state index < -0.39 is 12.0 Å². The van der Waals surface area contributed by atoms with Crippen molar-refractivity contribution < 1.29 is 23.8 Å². The molecule has 1 N–H and O–H groups in total. The van der Waals surface area contributed by atoms with Crippen molar-refractivity contribution >= 4 is 21.9 Å². The van der Waals surface area contributed by atoms with Gasteiger partial charge < -0.3 is 14.6 Å².